The summed E-state index contributed by atoms with van der Waals surface area (Å²) in [5, 5.41) is 8.58. The molecule has 0 aliphatic rings. The lowest BCUT2D eigenvalue weighted by atomic mass is 10.1. The maximum Gasteiger partial charge on any atom is 0.337 e. The van der Waals surface area contributed by atoms with Gasteiger partial charge in [-0.2, -0.15) is 5.26 Å². The van der Waals surface area contributed by atoms with E-state index in [-0.39, 0.29) is 16.9 Å². The molecule has 0 radical (unpaired) electrons. The number of nitrogens with zero attached hydrogens (tertiary/aromatic N) is 1. The molecular formula is C11H11NO4S. The average molecular weight is 253 g/mol. The zero-order chi connectivity index (χ0) is 13.1. The van der Waals surface area contributed by atoms with E-state index < -0.39 is 15.8 Å². The summed E-state index contributed by atoms with van der Waals surface area (Å²) >= 11 is 0. The highest BCUT2D eigenvalue weighted by Gasteiger charge is 2.14. The summed E-state index contributed by atoms with van der Waals surface area (Å²) < 4.78 is 27.4. The molecule has 6 heteroatoms. The van der Waals surface area contributed by atoms with Gasteiger partial charge in [0.25, 0.3) is 0 Å². The number of hydrogen-bond acceptors (Lipinski definition) is 5. The summed E-state index contributed by atoms with van der Waals surface area (Å²) in [6.07, 6.45) is 1.08. The lowest BCUT2D eigenvalue weighted by Crippen LogP contribution is -2.06. The van der Waals surface area contributed by atoms with E-state index in [1.54, 1.807) is 0 Å². The smallest absolute Gasteiger partial charge is 0.337 e. The van der Waals surface area contributed by atoms with Crippen LogP contribution in [0.2, 0.25) is 0 Å². The number of methoxy groups -OCH3 is 1. The number of hydrogen-bond donors (Lipinski definition) is 0. The molecule has 1 aromatic carbocycles. The Labute approximate surface area is 99.5 Å². The van der Waals surface area contributed by atoms with E-state index in [1.165, 1.54) is 25.3 Å². The standard InChI is InChI=1S/C11H11NO4S/c1-16-11(13)9-5-8(3-4-12)6-10(7-9)17(2,14)15/h5-7H,3H2,1-2H3. The Bertz CT molecular complexity index is 584. The molecular weight excluding hydrogens is 242 g/mol. The molecule has 0 aliphatic carbocycles. The van der Waals surface area contributed by atoms with Gasteiger partial charge >= 0.3 is 5.97 Å². The molecule has 0 spiro atoms. The zero-order valence-corrected chi connectivity index (χ0v) is 10.2. The molecule has 1 rings (SSSR count). The molecule has 0 N–H and O–H groups in total. The van der Waals surface area contributed by atoms with Crippen molar-refractivity contribution in [2.24, 2.45) is 0 Å². The monoisotopic (exact) mass is 253 g/mol. The summed E-state index contributed by atoms with van der Waals surface area (Å²) in [6.45, 7) is 0. The normalized spacial score (nSPS) is 10.6. The van der Waals surface area contributed by atoms with E-state index in [4.69, 9.17) is 5.26 Å². The minimum atomic E-state index is -3.43. The zero-order valence-electron chi connectivity index (χ0n) is 9.43. The molecule has 17 heavy (non-hydrogen) atoms. The van der Waals surface area contributed by atoms with E-state index >= 15 is 0 Å². The molecule has 5 nitrogen and oxygen atoms in total. The Kier molecular flexibility index (Phi) is 3.86. The van der Waals surface area contributed by atoms with Gasteiger partial charge in [-0.1, -0.05) is 0 Å². The van der Waals surface area contributed by atoms with Gasteiger partial charge in [0.05, 0.1) is 30.1 Å². The van der Waals surface area contributed by atoms with Crippen LogP contribution in [0.4, 0.5) is 0 Å². The molecule has 0 bridgehead atoms. The number of carbonyl (C=O) groups is 1. The lowest BCUT2D eigenvalue weighted by molar-refractivity contribution is 0.0600. The minimum absolute atomic E-state index is 0.00523. The van der Waals surface area contributed by atoms with Gasteiger partial charge in [0, 0.05) is 6.26 Å². The predicted molar refractivity (Wildman–Crippen MR) is 60.2 cm³/mol. The van der Waals surface area contributed by atoms with Gasteiger partial charge in [0.1, 0.15) is 0 Å². The van der Waals surface area contributed by atoms with Crippen LogP contribution in [-0.2, 0) is 21.0 Å². The Morgan fingerprint density at radius 2 is 2.06 bits per heavy atom. The minimum Gasteiger partial charge on any atom is -0.465 e. The van der Waals surface area contributed by atoms with E-state index in [0.717, 1.165) is 6.26 Å². The third-order valence-electron chi connectivity index (χ3n) is 2.10. The van der Waals surface area contributed by atoms with Gasteiger partial charge in [0.15, 0.2) is 9.84 Å². The van der Waals surface area contributed by atoms with E-state index in [2.05, 4.69) is 4.74 Å². The number of sulfone groups is 1. The fourth-order valence-electron chi connectivity index (χ4n) is 1.30. The molecule has 0 saturated carbocycles. The molecule has 0 unspecified atom stereocenters. The van der Waals surface area contributed by atoms with Gasteiger partial charge < -0.3 is 4.74 Å². The van der Waals surface area contributed by atoms with Gasteiger partial charge in [0.2, 0.25) is 0 Å². The van der Waals surface area contributed by atoms with Crippen LogP contribution in [0.5, 0.6) is 0 Å². The quantitative estimate of drug-likeness (QED) is 0.748. The van der Waals surface area contributed by atoms with Crippen molar-refractivity contribution in [1.82, 2.24) is 0 Å². The van der Waals surface area contributed by atoms with Crippen molar-refractivity contribution in [2.45, 2.75) is 11.3 Å². The molecule has 0 saturated heterocycles. The second-order valence-corrected chi connectivity index (χ2v) is 5.48. The molecule has 0 aliphatic heterocycles. The van der Waals surface area contributed by atoms with Crippen molar-refractivity contribution >= 4 is 15.8 Å². The first-order valence-electron chi connectivity index (χ1n) is 4.67. The van der Waals surface area contributed by atoms with Crippen LogP contribution in [0.1, 0.15) is 15.9 Å². The highest BCUT2D eigenvalue weighted by Crippen LogP contribution is 2.16. The largest absolute Gasteiger partial charge is 0.465 e. The third-order valence-corrected chi connectivity index (χ3v) is 3.19. The number of benzene rings is 1. The Hall–Kier alpha value is -1.87. The maximum atomic E-state index is 11.4. The molecule has 0 fully saturated rings. The molecule has 0 amide bonds. The summed E-state index contributed by atoms with van der Waals surface area (Å²) in [6, 6.07) is 5.97. The third kappa shape index (κ3) is 3.29. The van der Waals surface area contributed by atoms with Gasteiger partial charge in [-0.25, -0.2) is 13.2 Å². The van der Waals surface area contributed by atoms with Crippen molar-refractivity contribution in [3.63, 3.8) is 0 Å². The first-order valence-corrected chi connectivity index (χ1v) is 6.57. The maximum absolute atomic E-state index is 11.4. The van der Waals surface area contributed by atoms with E-state index in [0.29, 0.717) is 5.56 Å². The van der Waals surface area contributed by atoms with Crippen molar-refractivity contribution < 1.29 is 17.9 Å². The molecule has 90 valence electrons. The Morgan fingerprint density at radius 3 is 2.53 bits per heavy atom. The number of carbonyl (C=O) groups excluding carboxylic acids is 1. The van der Waals surface area contributed by atoms with E-state index in [1.807, 2.05) is 6.07 Å². The average Bonchev–Trinajstić information content (AvgIpc) is 2.27. The second-order valence-electron chi connectivity index (χ2n) is 3.46. The van der Waals surface area contributed by atoms with Crippen molar-refractivity contribution in [3.8, 4) is 6.07 Å². The van der Waals surface area contributed by atoms with Crippen LogP contribution in [0.3, 0.4) is 0 Å². The van der Waals surface area contributed by atoms with Crippen LogP contribution in [-0.4, -0.2) is 27.8 Å². The topological polar surface area (TPSA) is 84.2 Å². The first-order chi connectivity index (χ1) is 7.88. The van der Waals surface area contributed by atoms with Gasteiger partial charge in [-0.15, -0.1) is 0 Å². The Morgan fingerprint density at radius 1 is 1.41 bits per heavy atom. The van der Waals surface area contributed by atoms with Gasteiger partial charge in [-0.05, 0) is 23.8 Å². The van der Waals surface area contributed by atoms with E-state index in [9.17, 15) is 13.2 Å². The molecule has 0 aromatic heterocycles. The number of rotatable bonds is 3. The van der Waals surface area contributed by atoms with Crippen LogP contribution in [0.25, 0.3) is 0 Å². The van der Waals surface area contributed by atoms with Crippen LogP contribution >= 0.6 is 0 Å². The molecule has 0 heterocycles. The Balaban J connectivity index is 3.40. The number of ether oxygens (including phenoxy) is 1. The van der Waals surface area contributed by atoms with Crippen molar-refractivity contribution in [3.05, 3.63) is 29.3 Å². The van der Waals surface area contributed by atoms with Crippen LogP contribution in [0.15, 0.2) is 23.1 Å². The fourth-order valence-corrected chi connectivity index (χ4v) is 2.01. The van der Waals surface area contributed by atoms with Crippen molar-refractivity contribution in [1.29, 1.82) is 5.26 Å². The van der Waals surface area contributed by atoms with Crippen molar-refractivity contribution in [2.75, 3.05) is 13.4 Å². The molecule has 1 aromatic rings. The van der Waals surface area contributed by atoms with Crippen LogP contribution < -0.4 is 0 Å². The number of nitriles is 1. The molecule has 0 atom stereocenters. The highest BCUT2D eigenvalue weighted by molar-refractivity contribution is 7.90. The SMILES string of the molecule is COC(=O)c1cc(CC#N)cc(S(C)(=O)=O)c1. The summed E-state index contributed by atoms with van der Waals surface area (Å²) in [5.74, 6) is -0.630. The van der Waals surface area contributed by atoms with Gasteiger partial charge in [-0.3, -0.25) is 0 Å². The predicted octanol–water partition coefficient (Wildman–Crippen LogP) is 0.943. The summed E-state index contributed by atoms with van der Waals surface area (Å²) in [5.41, 5.74) is 0.594. The van der Waals surface area contributed by atoms with Crippen LogP contribution in [0, 0.1) is 11.3 Å². The second kappa shape index (κ2) is 4.97. The first kappa shape index (κ1) is 13.2. The number of esters is 1. The summed E-state index contributed by atoms with van der Waals surface area (Å²) in [4.78, 5) is 11.4. The highest BCUT2D eigenvalue weighted by atomic mass is 32.2. The lowest BCUT2D eigenvalue weighted by Gasteiger charge is -2.05. The summed E-state index contributed by atoms with van der Waals surface area (Å²) in [7, 11) is -2.22. The fraction of sp³-hybridized carbons (Fsp3) is 0.273.